The zero-order valence-corrected chi connectivity index (χ0v) is 15.4. The summed E-state index contributed by atoms with van der Waals surface area (Å²) in [5.74, 6) is 1.29. The summed E-state index contributed by atoms with van der Waals surface area (Å²) in [6.07, 6.45) is 2.16. The quantitative estimate of drug-likeness (QED) is 0.702. The van der Waals surface area contributed by atoms with Crippen molar-refractivity contribution in [2.45, 2.75) is 39.3 Å². The molecule has 0 radical (unpaired) electrons. The van der Waals surface area contributed by atoms with E-state index in [1.54, 1.807) is 7.11 Å². The second-order valence-corrected chi connectivity index (χ2v) is 6.26. The van der Waals surface area contributed by atoms with Crippen LogP contribution in [0.15, 0.2) is 42.5 Å². The molecule has 0 bridgehead atoms. The molecule has 1 N–H and O–H groups in total. The van der Waals surface area contributed by atoms with Crippen molar-refractivity contribution in [1.82, 2.24) is 5.32 Å². The molecule has 0 fully saturated rings. The van der Waals surface area contributed by atoms with Crippen LogP contribution >= 0.6 is 11.6 Å². The van der Waals surface area contributed by atoms with E-state index < -0.39 is 0 Å². The van der Waals surface area contributed by atoms with E-state index in [-0.39, 0.29) is 0 Å². The number of halogens is 1. The molecule has 0 saturated heterocycles. The van der Waals surface area contributed by atoms with Crippen LogP contribution in [0.1, 0.15) is 31.4 Å². The van der Waals surface area contributed by atoms with Crippen LogP contribution < -0.4 is 14.8 Å². The zero-order chi connectivity index (χ0) is 17.4. The maximum Gasteiger partial charge on any atom is 0.179 e. The van der Waals surface area contributed by atoms with E-state index in [2.05, 4.69) is 42.6 Å². The first-order valence-electron chi connectivity index (χ1n) is 8.40. The fourth-order valence-corrected chi connectivity index (χ4v) is 2.92. The number of ether oxygens (including phenoxy) is 2. The Bertz CT molecular complexity index is 631. The minimum Gasteiger partial charge on any atom is -0.491 e. The molecule has 3 nitrogen and oxygen atoms in total. The number of hydrogen-bond donors (Lipinski definition) is 1. The number of hydrogen-bond acceptors (Lipinski definition) is 3. The number of aryl methyl sites for hydroxylation is 1. The van der Waals surface area contributed by atoms with E-state index in [9.17, 15) is 0 Å². The molecule has 0 aliphatic carbocycles. The Morgan fingerprint density at radius 2 is 1.88 bits per heavy atom. The summed E-state index contributed by atoms with van der Waals surface area (Å²) in [6, 6.07) is 14.9. The molecule has 2 aromatic carbocycles. The van der Waals surface area contributed by atoms with Crippen LogP contribution in [0.3, 0.4) is 0 Å². The highest BCUT2D eigenvalue weighted by molar-refractivity contribution is 6.32. The molecule has 130 valence electrons. The van der Waals surface area contributed by atoms with Gasteiger partial charge in [-0.3, -0.25) is 0 Å². The Balaban J connectivity index is 1.91. The Morgan fingerprint density at radius 1 is 1.12 bits per heavy atom. The fourth-order valence-electron chi connectivity index (χ4n) is 2.61. The fraction of sp³-hybridized carbons (Fsp3) is 0.400. The van der Waals surface area contributed by atoms with E-state index in [0.717, 1.165) is 24.9 Å². The summed E-state index contributed by atoms with van der Waals surface area (Å²) in [4.78, 5) is 0. The normalized spacial score (nSPS) is 12.0. The van der Waals surface area contributed by atoms with Gasteiger partial charge < -0.3 is 14.8 Å². The van der Waals surface area contributed by atoms with Gasteiger partial charge in [0.2, 0.25) is 0 Å². The highest BCUT2D eigenvalue weighted by atomic mass is 35.5. The molecule has 0 aliphatic heterocycles. The molecule has 1 atom stereocenters. The van der Waals surface area contributed by atoms with Crippen molar-refractivity contribution in [3.63, 3.8) is 0 Å². The Morgan fingerprint density at radius 3 is 2.54 bits per heavy atom. The molecule has 0 amide bonds. The highest BCUT2D eigenvalue weighted by Crippen LogP contribution is 2.36. The Kier molecular flexibility index (Phi) is 7.41. The summed E-state index contributed by atoms with van der Waals surface area (Å²) < 4.78 is 10.9. The monoisotopic (exact) mass is 347 g/mol. The van der Waals surface area contributed by atoms with Gasteiger partial charge in [-0.2, -0.15) is 0 Å². The summed E-state index contributed by atoms with van der Waals surface area (Å²) in [6.45, 7) is 5.48. The lowest BCUT2D eigenvalue weighted by molar-refractivity contribution is 0.310. The number of methoxy groups -OCH3 is 1. The van der Waals surface area contributed by atoms with Crippen molar-refractivity contribution in [1.29, 1.82) is 0 Å². The molecular formula is C20H26ClNO2. The first kappa shape index (κ1) is 18.6. The van der Waals surface area contributed by atoms with Crippen molar-refractivity contribution < 1.29 is 9.47 Å². The van der Waals surface area contributed by atoms with Crippen LogP contribution in [0.4, 0.5) is 0 Å². The largest absolute Gasteiger partial charge is 0.491 e. The third kappa shape index (κ3) is 5.43. The van der Waals surface area contributed by atoms with Gasteiger partial charge in [0.25, 0.3) is 0 Å². The van der Waals surface area contributed by atoms with E-state index in [1.165, 1.54) is 5.56 Å². The average Bonchev–Trinajstić information content (AvgIpc) is 2.59. The third-order valence-electron chi connectivity index (χ3n) is 3.94. The van der Waals surface area contributed by atoms with Gasteiger partial charge in [-0.25, -0.2) is 0 Å². The van der Waals surface area contributed by atoms with Gasteiger partial charge in [-0.05, 0) is 49.9 Å². The second kappa shape index (κ2) is 9.55. The topological polar surface area (TPSA) is 30.5 Å². The van der Waals surface area contributed by atoms with Gasteiger partial charge in [0, 0.05) is 12.6 Å². The summed E-state index contributed by atoms with van der Waals surface area (Å²) in [5.41, 5.74) is 2.47. The van der Waals surface area contributed by atoms with Crippen LogP contribution in [0.5, 0.6) is 11.5 Å². The van der Waals surface area contributed by atoms with Crippen molar-refractivity contribution in [3.8, 4) is 11.5 Å². The van der Waals surface area contributed by atoms with Crippen LogP contribution in [0, 0.1) is 0 Å². The summed E-state index contributed by atoms with van der Waals surface area (Å²) in [5, 5.41) is 4.13. The number of rotatable bonds is 9. The smallest absolute Gasteiger partial charge is 0.179 e. The maximum atomic E-state index is 6.29. The van der Waals surface area contributed by atoms with Gasteiger partial charge in [0.15, 0.2) is 11.5 Å². The first-order valence-corrected chi connectivity index (χ1v) is 8.78. The summed E-state index contributed by atoms with van der Waals surface area (Å²) >= 11 is 6.29. The number of nitrogens with one attached hydrogen (secondary N) is 1. The SMILES string of the molecule is CCOc1cc(CNC(C)CCc2ccccc2)cc(Cl)c1OC. The molecule has 2 aromatic rings. The van der Waals surface area contributed by atoms with Crippen molar-refractivity contribution in [2.75, 3.05) is 13.7 Å². The minimum atomic E-state index is 0.418. The lowest BCUT2D eigenvalue weighted by Gasteiger charge is -2.16. The zero-order valence-electron chi connectivity index (χ0n) is 14.6. The molecule has 0 aliphatic rings. The molecule has 0 spiro atoms. The van der Waals surface area contributed by atoms with Crippen molar-refractivity contribution >= 4 is 11.6 Å². The van der Waals surface area contributed by atoms with Crippen LogP contribution in [0.2, 0.25) is 5.02 Å². The van der Waals surface area contributed by atoms with Crippen molar-refractivity contribution in [3.05, 3.63) is 58.6 Å². The minimum absolute atomic E-state index is 0.418. The van der Waals surface area contributed by atoms with Gasteiger partial charge in [0.05, 0.1) is 18.7 Å². The molecular weight excluding hydrogens is 322 g/mol. The molecule has 2 rings (SSSR count). The lowest BCUT2D eigenvalue weighted by atomic mass is 10.1. The predicted molar refractivity (Wildman–Crippen MR) is 100 cm³/mol. The summed E-state index contributed by atoms with van der Waals surface area (Å²) in [7, 11) is 1.60. The molecule has 0 saturated carbocycles. The van der Waals surface area contributed by atoms with E-state index in [1.807, 2.05) is 19.1 Å². The lowest BCUT2D eigenvalue weighted by Crippen LogP contribution is -2.26. The third-order valence-corrected chi connectivity index (χ3v) is 4.22. The average molecular weight is 348 g/mol. The van der Waals surface area contributed by atoms with Crippen LogP contribution in [0.25, 0.3) is 0 Å². The Hall–Kier alpha value is -1.71. The molecule has 1 unspecified atom stereocenters. The molecule has 4 heteroatoms. The van der Waals surface area contributed by atoms with Gasteiger partial charge in [-0.15, -0.1) is 0 Å². The van der Waals surface area contributed by atoms with E-state index in [0.29, 0.717) is 29.2 Å². The van der Waals surface area contributed by atoms with Crippen molar-refractivity contribution in [2.24, 2.45) is 0 Å². The van der Waals surface area contributed by atoms with Crippen LogP contribution in [-0.4, -0.2) is 19.8 Å². The number of benzene rings is 2. The van der Waals surface area contributed by atoms with Gasteiger partial charge in [-0.1, -0.05) is 41.9 Å². The second-order valence-electron chi connectivity index (χ2n) is 5.85. The standard InChI is InChI=1S/C20H26ClNO2/c1-4-24-19-13-17(12-18(21)20(19)23-3)14-22-15(2)10-11-16-8-6-5-7-9-16/h5-9,12-13,15,22H,4,10-11,14H2,1-3H3. The maximum absolute atomic E-state index is 6.29. The molecule has 24 heavy (non-hydrogen) atoms. The predicted octanol–water partition coefficient (Wildman–Crippen LogP) is 4.86. The van der Waals surface area contributed by atoms with Crippen LogP contribution in [-0.2, 0) is 13.0 Å². The molecule has 0 aromatic heterocycles. The van der Waals surface area contributed by atoms with Gasteiger partial charge >= 0.3 is 0 Å². The van der Waals surface area contributed by atoms with E-state index >= 15 is 0 Å². The van der Waals surface area contributed by atoms with E-state index in [4.69, 9.17) is 21.1 Å². The van der Waals surface area contributed by atoms with Gasteiger partial charge in [0.1, 0.15) is 0 Å². The first-order chi connectivity index (χ1) is 11.6. The highest BCUT2D eigenvalue weighted by Gasteiger charge is 2.12. The molecule has 0 heterocycles. The Labute approximate surface area is 149 Å².